The van der Waals surface area contributed by atoms with Gasteiger partial charge in [0, 0.05) is 18.3 Å². The lowest BCUT2D eigenvalue weighted by Crippen LogP contribution is -2.50. The van der Waals surface area contributed by atoms with E-state index in [1.165, 1.54) is 19.3 Å². The molecule has 20 heavy (non-hydrogen) atoms. The summed E-state index contributed by atoms with van der Waals surface area (Å²) in [5, 5.41) is 0. The first-order chi connectivity index (χ1) is 9.43. The van der Waals surface area contributed by atoms with Crippen LogP contribution in [0.3, 0.4) is 0 Å². The van der Waals surface area contributed by atoms with E-state index in [1.807, 2.05) is 0 Å². The number of Topliss-reactive ketones (excluding diaryl/α,β-unsaturated/α-hetero) is 2. The predicted octanol–water partition coefficient (Wildman–Crippen LogP) is 4.02. The van der Waals surface area contributed by atoms with E-state index >= 15 is 0 Å². The first-order valence-corrected chi connectivity index (χ1v) is 8.46. The van der Waals surface area contributed by atoms with Crippen LogP contribution in [0.4, 0.5) is 0 Å². The van der Waals surface area contributed by atoms with Gasteiger partial charge >= 0.3 is 0 Å². The lowest BCUT2D eigenvalue weighted by atomic mass is 9.50. The van der Waals surface area contributed by atoms with Crippen molar-refractivity contribution >= 4 is 11.6 Å². The van der Waals surface area contributed by atoms with Crippen molar-refractivity contribution in [3.63, 3.8) is 0 Å². The molecular weight excluding hydrogens is 248 g/mol. The fourth-order valence-corrected chi connectivity index (χ4v) is 5.64. The highest BCUT2D eigenvalue weighted by Crippen LogP contribution is 2.57. The molecular formula is C18H28O2. The van der Waals surface area contributed by atoms with Gasteiger partial charge in [-0.1, -0.05) is 13.8 Å². The van der Waals surface area contributed by atoms with Crippen molar-refractivity contribution in [2.24, 2.45) is 35.0 Å². The summed E-state index contributed by atoms with van der Waals surface area (Å²) in [5.41, 5.74) is -0.0987. The van der Waals surface area contributed by atoms with Gasteiger partial charge in [0.2, 0.25) is 0 Å². The monoisotopic (exact) mass is 276 g/mol. The molecule has 3 saturated carbocycles. The van der Waals surface area contributed by atoms with Gasteiger partial charge in [-0.2, -0.15) is 0 Å². The van der Waals surface area contributed by atoms with Crippen LogP contribution in [0, 0.1) is 35.0 Å². The summed E-state index contributed by atoms with van der Waals surface area (Å²) in [6.45, 7) is 6.28. The molecule has 1 unspecified atom stereocenters. The number of carbonyl (C=O) groups is 2. The Bertz CT molecular complexity index is 427. The van der Waals surface area contributed by atoms with E-state index in [-0.39, 0.29) is 5.41 Å². The predicted molar refractivity (Wildman–Crippen MR) is 79.2 cm³/mol. The van der Waals surface area contributed by atoms with Crippen molar-refractivity contribution in [2.45, 2.75) is 65.7 Å². The van der Waals surface area contributed by atoms with Gasteiger partial charge < -0.3 is 0 Å². The Hall–Kier alpha value is -0.660. The van der Waals surface area contributed by atoms with Crippen molar-refractivity contribution < 1.29 is 9.59 Å². The van der Waals surface area contributed by atoms with Gasteiger partial charge in [-0.15, -0.1) is 0 Å². The highest BCUT2D eigenvalue weighted by molar-refractivity contribution is 5.82. The Morgan fingerprint density at radius 1 is 1.10 bits per heavy atom. The molecule has 0 aromatic heterocycles. The van der Waals surface area contributed by atoms with Crippen LogP contribution in [0.25, 0.3) is 0 Å². The van der Waals surface area contributed by atoms with Crippen LogP contribution in [0.1, 0.15) is 65.7 Å². The van der Waals surface area contributed by atoms with E-state index in [0.29, 0.717) is 29.3 Å². The van der Waals surface area contributed by atoms with Crippen molar-refractivity contribution in [1.82, 2.24) is 0 Å². The molecule has 0 heterocycles. The van der Waals surface area contributed by atoms with Gasteiger partial charge in [-0.25, -0.2) is 0 Å². The second kappa shape index (κ2) is 4.96. The van der Waals surface area contributed by atoms with Gasteiger partial charge in [0.1, 0.15) is 11.6 Å². The third-order valence-corrected chi connectivity index (χ3v) is 7.27. The van der Waals surface area contributed by atoms with Crippen molar-refractivity contribution in [1.29, 1.82) is 0 Å². The average molecular weight is 276 g/mol. The minimum atomic E-state index is -0.0987. The maximum absolute atomic E-state index is 12.1. The molecule has 0 aromatic carbocycles. The maximum atomic E-state index is 12.1. The van der Waals surface area contributed by atoms with Gasteiger partial charge in [0.05, 0.1) is 0 Å². The largest absolute Gasteiger partial charge is 0.300 e. The summed E-state index contributed by atoms with van der Waals surface area (Å²) < 4.78 is 0. The summed E-state index contributed by atoms with van der Waals surface area (Å²) in [7, 11) is 0. The smallest absolute Gasteiger partial charge is 0.135 e. The molecule has 0 saturated heterocycles. The zero-order chi connectivity index (χ0) is 14.5. The second-order valence-corrected chi connectivity index (χ2v) is 7.91. The van der Waals surface area contributed by atoms with Crippen LogP contribution >= 0.6 is 0 Å². The van der Waals surface area contributed by atoms with Crippen LogP contribution in [-0.2, 0) is 9.59 Å². The minimum absolute atomic E-state index is 0.0987. The molecule has 2 heteroatoms. The second-order valence-electron chi connectivity index (χ2n) is 7.91. The number of fused-ring (bicyclic) bond motifs is 3. The number of rotatable bonds is 1. The minimum Gasteiger partial charge on any atom is -0.300 e. The Kier molecular flexibility index (Phi) is 3.54. The Morgan fingerprint density at radius 3 is 2.55 bits per heavy atom. The zero-order valence-corrected chi connectivity index (χ0v) is 13.2. The van der Waals surface area contributed by atoms with E-state index in [4.69, 9.17) is 0 Å². The Labute approximate surface area is 122 Å². The SMILES string of the molecule is CC(=O)[C@@]1(C)CC[C@@H]2[C@H]3CCC(=O)C[C@@H]3CC[C@H]2C1C. The fraction of sp³-hybridized carbons (Fsp3) is 0.889. The molecule has 6 atom stereocenters. The topological polar surface area (TPSA) is 34.1 Å². The third-order valence-electron chi connectivity index (χ3n) is 7.27. The molecule has 0 bridgehead atoms. The van der Waals surface area contributed by atoms with Crippen LogP contribution in [0.15, 0.2) is 0 Å². The van der Waals surface area contributed by atoms with Crippen LogP contribution in [0.2, 0.25) is 0 Å². The summed E-state index contributed by atoms with van der Waals surface area (Å²) in [6.07, 6.45) is 7.49. The molecule has 3 aliphatic carbocycles. The molecule has 112 valence electrons. The highest BCUT2D eigenvalue weighted by Gasteiger charge is 2.52. The summed E-state index contributed by atoms with van der Waals surface area (Å²) >= 11 is 0. The quantitative estimate of drug-likeness (QED) is 0.725. The van der Waals surface area contributed by atoms with Gasteiger partial charge in [0.25, 0.3) is 0 Å². The van der Waals surface area contributed by atoms with E-state index in [2.05, 4.69) is 13.8 Å². The van der Waals surface area contributed by atoms with Gasteiger partial charge in [0.15, 0.2) is 0 Å². The summed E-state index contributed by atoms with van der Waals surface area (Å²) in [5.74, 6) is 4.30. The zero-order valence-electron chi connectivity index (χ0n) is 13.2. The molecule has 0 amide bonds. The lowest BCUT2D eigenvalue weighted by molar-refractivity contribution is -0.139. The molecule has 2 nitrogen and oxygen atoms in total. The molecule has 3 aliphatic rings. The van der Waals surface area contributed by atoms with Crippen LogP contribution in [-0.4, -0.2) is 11.6 Å². The van der Waals surface area contributed by atoms with Crippen molar-refractivity contribution in [3.05, 3.63) is 0 Å². The Morgan fingerprint density at radius 2 is 1.85 bits per heavy atom. The Balaban J connectivity index is 1.80. The van der Waals surface area contributed by atoms with E-state index in [1.54, 1.807) is 6.92 Å². The lowest BCUT2D eigenvalue weighted by Gasteiger charge is -2.54. The summed E-state index contributed by atoms with van der Waals surface area (Å²) in [6, 6.07) is 0. The molecule has 0 radical (unpaired) electrons. The van der Waals surface area contributed by atoms with E-state index in [0.717, 1.165) is 37.5 Å². The van der Waals surface area contributed by atoms with Gasteiger partial charge in [-0.3, -0.25) is 9.59 Å². The van der Waals surface area contributed by atoms with Crippen LogP contribution in [0.5, 0.6) is 0 Å². The molecule has 3 fully saturated rings. The first kappa shape index (κ1) is 14.3. The average Bonchev–Trinajstić information content (AvgIpc) is 2.42. The molecule has 0 aromatic rings. The summed E-state index contributed by atoms with van der Waals surface area (Å²) in [4.78, 5) is 23.8. The number of hydrogen-bond acceptors (Lipinski definition) is 2. The highest BCUT2D eigenvalue weighted by atomic mass is 16.1. The van der Waals surface area contributed by atoms with Gasteiger partial charge in [-0.05, 0) is 68.6 Å². The molecule has 0 N–H and O–H groups in total. The number of hydrogen-bond donors (Lipinski definition) is 0. The van der Waals surface area contributed by atoms with Crippen molar-refractivity contribution in [2.75, 3.05) is 0 Å². The standard InChI is InChI=1S/C18H28O2/c1-11-15-6-4-13-10-14(20)5-7-16(13)17(15)8-9-18(11,3)12(2)19/h11,13,15-17H,4-10H2,1-3H3/t11?,13-,15-,16-,17-,18-/m0/s1. The first-order valence-electron chi connectivity index (χ1n) is 8.46. The number of ketones is 2. The van der Waals surface area contributed by atoms with Crippen molar-refractivity contribution in [3.8, 4) is 0 Å². The van der Waals surface area contributed by atoms with Crippen LogP contribution < -0.4 is 0 Å². The third kappa shape index (κ3) is 2.07. The fourth-order valence-electron chi connectivity index (χ4n) is 5.64. The molecule has 0 spiro atoms. The van der Waals surface area contributed by atoms with E-state index in [9.17, 15) is 9.59 Å². The molecule has 0 aliphatic heterocycles. The normalized spacial score (nSPS) is 48.4. The maximum Gasteiger partial charge on any atom is 0.135 e. The number of carbonyl (C=O) groups excluding carboxylic acids is 2. The molecule has 3 rings (SSSR count). The van der Waals surface area contributed by atoms with E-state index < -0.39 is 0 Å².